The summed E-state index contributed by atoms with van der Waals surface area (Å²) < 4.78 is 0. The molecule has 1 heterocycles. The number of nitrogens with one attached hydrogen (secondary N) is 1. The van der Waals surface area contributed by atoms with E-state index in [4.69, 9.17) is 34.8 Å². The molecule has 0 aliphatic carbocycles. The van der Waals surface area contributed by atoms with Gasteiger partial charge in [0.2, 0.25) is 5.91 Å². The van der Waals surface area contributed by atoms with E-state index >= 15 is 0 Å². The molecule has 0 unspecified atom stereocenters. The molecule has 0 radical (unpaired) electrons. The quantitative estimate of drug-likeness (QED) is 0.841. The minimum absolute atomic E-state index is 0.160. The summed E-state index contributed by atoms with van der Waals surface area (Å²) in [6.07, 6.45) is 1.72. The van der Waals surface area contributed by atoms with Crippen molar-refractivity contribution in [1.29, 1.82) is 0 Å². The van der Waals surface area contributed by atoms with Crippen LogP contribution in [0.5, 0.6) is 0 Å². The Labute approximate surface area is 131 Å². The molecule has 1 N–H and O–H groups in total. The fraction of sp³-hybridized carbons (Fsp3) is 0.143. The maximum Gasteiger partial charge on any atom is 0.228 e. The minimum atomic E-state index is -0.160. The highest BCUT2D eigenvalue weighted by atomic mass is 35.5. The number of benzene rings is 1. The number of nitrogens with zero attached hydrogens (tertiary/aromatic N) is 1. The molecule has 0 saturated heterocycles. The highest BCUT2D eigenvalue weighted by molar-refractivity contribution is 6.42. The third-order valence-corrected chi connectivity index (χ3v) is 3.78. The largest absolute Gasteiger partial charge is 0.324 e. The Kier molecular flexibility index (Phi) is 4.86. The van der Waals surface area contributed by atoms with Crippen molar-refractivity contribution in [3.63, 3.8) is 0 Å². The van der Waals surface area contributed by atoms with Crippen LogP contribution in [-0.2, 0) is 11.2 Å². The number of aromatic nitrogens is 1. The molecule has 1 amide bonds. The van der Waals surface area contributed by atoms with Crippen LogP contribution in [0.1, 0.15) is 11.1 Å². The zero-order chi connectivity index (χ0) is 14.7. The number of hydrogen-bond donors (Lipinski definition) is 1. The van der Waals surface area contributed by atoms with Crippen LogP contribution in [0.25, 0.3) is 0 Å². The van der Waals surface area contributed by atoms with Crippen LogP contribution >= 0.6 is 34.8 Å². The summed E-state index contributed by atoms with van der Waals surface area (Å²) in [7, 11) is 0. The first-order valence-corrected chi connectivity index (χ1v) is 6.95. The maximum atomic E-state index is 11.9. The summed E-state index contributed by atoms with van der Waals surface area (Å²) in [6, 6.07) is 6.87. The molecule has 2 aromatic rings. The number of amides is 1. The number of halogens is 3. The van der Waals surface area contributed by atoms with Gasteiger partial charge in [0.15, 0.2) is 0 Å². The normalized spacial score (nSPS) is 10.4. The van der Waals surface area contributed by atoms with E-state index in [0.29, 0.717) is 20.9 Å². The lowest BCUT2D eigenvalue weighted by Crippen LogP contribution is -2.14. The summed E-state index contributed by atoms with van der Waals surface area (Å²) in [5.74, 6) is -0.160. The first kappa shape index (κ1) is 15.1. The van der Waals surface area contributed by atoms with Gasteiger partial charge in [0.05, 0.1) is 28.4 Å². The van der Waals surface area contributed by atoms with Gasteiger partial charge < -0.3 is 5.32 Å². The van der Waals surface area contributed by atoms with E-state index in [-0.39, 0.29) is 12.3 Å². The first-order valence-electron chi connectivity index (χ1n) is 5.81. The number of carbonyl (C=O) groups excluding carboxylic acids is 1. The van der Waals surface area contributed by atoms with Gasteiger partial charge in [-0.15, -0.1) is 0 Å². The Bertz CT molecular complexity index is 603. The van der Waals surface area contributed by atoms with Gasteiger partial charge in [0.1, 0.15) is 5.15 Å². The van der Waals surface area contributed by atoms with E-state index < -0.39 is 0 Å². The van der Waals surface area contributed by atoms with Gasteiger partial charge in [-0.2, -0.15) is 0 Å². The van der Waals surface area contributed by atoms with E-state index in [2.05, 4.69) is 10.3 Å². The Morgan fingerprint density at radius 3 is 2.60 bits per heavy atom. The highest BCUT2D eigenvalue weighted by Crippen LogP contribution is 2.23. The second kappa shape index (κ2) is 6.44. The summed E-state index contributed by atoms with van der Waals surface area (Å²) in [5, 5.41) is 4.08. The standard InChI is InChI=1S/C14H11Cl3N2O/c1-8-4-10(7-18-14(8)17)19-13(20)6-9-2-3-11(15)12(16)5-9/h2-5,7H,6H2,1H3,(H,19,20). The molecule has 0 saturated carbocycles. The van der Waals surface area contributed by atoms with Crippen molar-refractivity contribution in [1.82, 2.24) is 4.98 Å². The van der Waals surface area contributed by atoms with Crippen molar-refractivity contribution in [3.05, 3.63) is 56.8 Å². The van der Waals surface area contributed by atoms with Gasteiger partial charge in [-0.05, 0) is 36.2 Å². The van der Waals surface area contributed by atoms with Crippen molar-refractivity contribution in [3.8, 4) is 0 Å². The molecule has 1 aromatic carbocycles. The number of pyridine rings is 1. The fourth-order valence-corrected chi connectivity index (χ4v) is 2.09. The van der Waals surface area contributed by atoms with Gasteiger partial charge in [0.25, 0.3) is 0 Å². The van der Waals surface area contributed by atoms with Crippen molar-refractivity contribution < 1.29 is 4.79 Å². The first-order chi connectivity index (χ1) is 9.45. The summed E-state index contributed by atoms with van der Waals surface area (Å²) in [6.45, 7) is 1.82. The van der Waals surface area contributed by atoms with E-state index in [1.54, 1.807) is 24.3 Å². The van der Waals surface area contributed by atoms with Crippen LogP contribution < -0.4 is 5.32 Å². The molecular formula is C14H11Cl3N2O. The molecule has 2 rings (SSSR count). The molecule has 20 heavy (non-hydrogen) atoms. The lowest BCUT2D eigenvalue weighted by Gasteiger charge is -2.07. The molecule has 0 spiro atoms. The monoisotopic (exact) mass is 328 g/mol. The van der Waals surface area contributed by atoms with Crippen molar-refractivity contribution >= 4 is 46.4 Å². The fourth-order valence-electron chi connectivity index (χ4n) is 1.67. The van der Waals surface area contributed by atoms with Gasteiger partial charge in [-0.1, -0.05) is 40.9 Å². The predicted molar refractivity (Wildman–Crippen MR) is 82.8 cm³/mol. The minimum Gasteiger partial charge on any atom is -0.324 e. The van der Waals surface area contributed by atoms with Crippen LogP contribution in [0, 0.1) is 6.92 Å². The second-order valence-electron chi connectivity index (χ2n) is 4.31. The zero-order valence-electron chi connectivity index (χ0n) is 10.6. The van der Waals surface area contributed by atoms with Crippen LogP contribution in [-0.4, -0.2) is 10.9 Å². The molecule has 104 valence electrons. The van der Waals surface area contributed by atoms with Crippen molar-refractivity contribution in [2.24, 2.45) is 0 Å². The smallest absolute Gasteiger partial charge is 0.228 e. The van der Waals surface area contributed by atoms with Crippen molar-refractivity contribution in [2.75, 3.05) is 5.32 Å². The Morgan fingerprint density at radius 2 is 1.95 bits per heavy atom. The van der Waals surface area contributed by atoms with Crippen LogP contribution in [0.15, 0.2) is 30.5 Å². The molecule has 1 aromatic heterocycles. The summed E-state index contributed by atoms with van der Waals surface area (Å²) >= 11 is 17.6. The zero-order valence-corrected chi connectivity index (χ0v) is 12.9. The molecule has 0 atom stereocenters. The Morgan fingerprint density at radius 1 is 1.20 bits per heavy atom. The molecule has 0 aliphatic heterocycles. The Hall–Kier alpha value is -1.29. The van der Waals surface area contributed by atoms with E-state index in [1.165, 1.54) is 6.20 Å². The number of rotatable bonds is 3. The topological polar surface area (TPSA) is 42.0 Å². The van der Waals surface area contributed by atoms with E-state index in [0.717, 1.165) is 11.1 Å². The number of anilines is 1. The van der Waals surface area contributed by atoms with Gasteiger partial charge >= 0.3 is 0 Å². The van der Waals surface area contributed by atoms with Gasteiger partial charge in [0, 0.05) is 0 Å². The average molecular weight is 330 g/mol. The van der Waals surface area contributed by atoms with Gasteiger partial charge in [-0.25, -0.2) is 4.98 Å². The molecule has 0 bridgehead atoms. The van der Waals surface area contributed by atoms with Gasteiger partial charge in [-0.3, -0.25) is 4.79 Å². The molecular weight excluding hydrogens is 319 g/mol. The van der Waals surface area contributed by atoms with Crippen molar-refractivity contribution in [2.45, 2.75) is 13.3 Å². The molecule has 0 aliphatic rings. The van der Waals surface area contributed by atoms with Crippen LogP contribution in [0.2, 0.25) is 15.2 Å². The Balaban J connectivity index is 2.04. The van der Waals surface area contributed by atoms with Crippen LogP contribution in [0.4, 0.5) is 5.69 Å². The number of hydrogen-bond acceptors (Lipinski definition) is 2. The van der Waals surface area contributed by atoms with E-state index in [9.17, 15) is 4.79 Å². The maximum absolute atomic E-state index is 11.9. The molecule has 0 fully saturated rings. The summed E-state index contributed by atoms with van der Waals surface area (Å²) in [4.78, 5) is 15.9. The second-order valence-corrected chi connectivity index (χ2v) is 5.48. The van der Waals surface area contributed by atoms with E-state index in [1.807, 2.05) is 6.92 Å². The third kappa shape index (κ3) is 3.85. The van der Waals surface area contributed by atoms with Crippen LogP contribution in [0.3, 0.4) is 0 Å². The molecule has 3 nitrogen and oxygen atoms in total. The number of aryl methyl sites for hydroxylation is 1. The third-order valence-electron chi connectivity index (χ3n) is 2.65. The predicted octanol–water partition coefficient (Wildman–Crippen LogP) is 4.53. The average Bonchev–Trinajstić information content (AvgIpc) is 2.38. The molecule has 6 heteroatoms. The lowest BCUT2D eigenvalue weighted by molar-refractivity contribution is -0.115. The highest BCUT2D eigenvalue weighted by Gasteiger charge is 2.07. The SMILES string of the molecule is Cc1cc(NC(=O)Cc2ccc(Cl)c(Cl)c2)cnc1Cl. The lowest BCUT2D eigenvalue weighted by atomic mass is 10.1. The summed E-state index contributed by atoms with van der Waals surface area (Å²) in [5.41, 5.74) is 2.20. The number of carbonyl (C=O) groups is 1.